The van der Waals surface area contributed by atoms with E-state index in [4.69, 9.17) is 14.2 Å². The molecule has 0 spiro atoms. The van der Waals surface area contributed by atoms with Crippen molar-refractivity contribution >= 4 is 17.7 Å². The summed E-state index contributed by atoms with van der Waals surface area (Å²) in [5.41, 5.74) is 0.583. The SMILES string of the molecule is CCCCOc1c(OC)cc(C2NC(=O)NC(C(C)C)=C2C(=O)OCC)cc1[N+](=O)[O-]. The van der Waals surface area contributed by atoms with Crippen LogP contribution < -0.4 is 20.1 Å². The summed E-state index contributed by atoms with van der Waals surface area (Å²) in [6.45, 7) is 7.74. The Bertz CT molecular complexity index is 880. The number of hydrogen-bond donors (Lipinski definition) is 2. The number of methoxy groups -OCH3 is 1. The second-order valence-electron chi connectivity index (χ2n) is 7.26. The van der Waals surface area contributed by atoms with Crippen molar-refractivity contribution in [1.82, 2.24) is 10.6 Å². The van der Waals surface area contributed by atoms with Crippen LogP contribution in [0.2, 0.25) is 0 Å². The lowest BCUT2D eigenvalue weighted by Gasteiger charge is -2.31. The highest BCUT2D eigenvalue weighted by Gasteiger charge is 2.36. The number of benzene rings is 1. The Labute approximate surface area is 181 Å². The van der Waals surface area contributed by atoms with Gasteiger partial charge in [-0.3, -0.25) is 10.1 Å². The molecule has 10 heteroatoms. The largest absolute Gasteiger partial charge is 0.493 e. The van der Waals surface area contributed by atoms with E-state index in [9.17, 15) is 19.7 Å². The number of esters is 1. The van der Waals surface area contributed by atoms with E-state index in [0.29, 0.717) is 17.9 Å². The Hall–Kier alpha value is -3.30. The van der Waals surface area contributed by atoms with Gasteiger partial charge >= 0.3 is 17.7 Å². The van der Waals surface area contributed by atoms with Crippen molar-refractivity contribution in [2.75, 3.05) is 20.3 Å². The number of nitro groups is 1. The van der Waals surface area contributed by atoms with Crippen molar-refractivity contribution in [2.24, 2.45) is 5.92 Å². The molecule has 0 saturated heterocycles. The number of nitro benzene ring substituents is 1. The minimum atomic E-state index is -0.956. The molecule has 1 aromatic rings. The average molecular weight is 435 g/mol. The monoisotopic (exact) mass is 435 g/mol. The number of rotatable bonds is 10. The molecule has 31 heavy (non-hydrogen) atoms. The summed E-state index contributed by atoms with van der Waals surface area (Å²) in [4.78, 5) is 36.3. The molecular weight excluding hydrogens is 406 g/mol. The fourth-order valence-electron chi connectivity index (χ4n) is 3.25. The van der Waals surface area contributed by atoms with Gasteiger partial charge in [0.15, 0.2) is 5.75 Å². The first-order chi connectivity index (χ1) is 14.7. The molecule has 10 nitrogen and oxygen atoms in total. The normalized spacial score (nSPS) is 15.9. The fraction of sp³-hybridized carbons (Fsp3) is 0.524. The number of carbonyl (C=O) groups is 2. The van der Waals surface area contributed by atoms with Crippen LogP contribution in [0.15, 0.2) is 23.4 Å². The standard InChI is InChI=1S/C21H29N3O7/c1-6-8-9-31-19-14(24(27)28)10-13(11-15(19)29-5)18-16(20(25)30-7-2)17(12(3)4)22-21(26)23-18/h10-12,18H,6-9H2,1-5H3,(H2,22,23,26). The lowest BCUT2D eigenvalue weighted by atomic mass is 9.91. The van der Waals surface area contributed by atoms with Gasteiger partial charge in [0, 0.05) is 11.8 Å². The third-order valence-corrected chi connectivity index (χ3v) is 4.73. The lowest BCUT2D eigenvalue weighted by molar-refractivity contribution is -0.386. The third kappa shape index (κ3) is 5.44. The molecule has 0 radical (unpaired) electrons. The smallest absolute Gasteiger partial charge is 0.338 e. The predicted octanol–water partition coefficient (Wildman–Crippen LogP) is 3.61. The number of nitrogens with one attached hydrogen (secondary N) is 2. The van der Waals surface area contributed by atoms with Gasteiger partial charge in [0.05, 0.1) is 36.9 Å². The van der Waals surface area contributed by atoms with E-state index in [2.05, 4.69) is 10.6 Å². The molecule has 2 amide bonds. The summed E-state index contributed by atoms with van der Waals surface area (Å²) < 4.78 is 16.2. The van der Waals surface area contributed by atoms with Crippen LogP contribution in [-0.2, 0) is 9.53 Å². The molecule has 2 rings (SSSR count). The van der Waals surface area contributed by atoms with Gasteiger partial charge in [0.25, 0.3) is 0 Å². The molecule has 0 aromatic heterocycles. The highest BCUT2D eigenvalue weighted by Crippen LogP contribution is 2.42. The highest BCUT2D eigenvalue weighted by molar-refractivity contribution is 5.95. The minimum Gasteiger partial charge on any atom is -0.493 e. The molecule has 1 aliphatic rings. The molecule has 0 saturated carbocycles. The number of hydrogen-bond acceptors (Lipinski definition) is 7. The Morgan fingerprint density at radius 3 is 2.55 bits per heavy atom. The zero-order valence-corrected chi connectivity index (χ0v) is 18.4. The van der Waals surface area contributed by atoms with Crippen molar-refractivity contribution in [1.29, 1.82) is 0 Å². The molecule has 1 unspecified atom stereocenters. The highest BCUT2D eigenvalue weighted by atomic mass is 16.6. The molecule has 1 heterocycles. The summed E-state index contributed by atoms with van der Waals surface area (Å²) in [6, 6.07) is 1.34. The molecule has 0 bridgehead atoms. The molecular formula is C21H29N3O7. The van der Waals surface area contributed by atoms with Crippen LogP contribution in [0.5, 0.6) is 11.5 Å². The van der Waals surface area contributed by atoms with Gasteiger partial charge in [-0.25, -0.2) is 9.59 Å². The number of nitrogens with zero attached hydrogens (tertiary/aromatic N) is 1. The van der Waals surface area contributed by atoms with Crippen LogP contribution in [0.1, 0.15) is 52.1 Å². The van der Waals surface area contributed by atoms with E-state index < -0.39 is 23.0 Å². The van der Waals surface area contributed by atoms with Crippen molar-refractivity contribution in [3.05, 3.63) is 39.1 Å². The molecule has 2 N–H and O–H groups in total. The van der Waals surface area contributed by atoms with Gasteiger partial charge in [-0.1, -0.05) is 27.2 Å². The van der Waals surface area contributed by atoms with Crippen LogP contribution in [-0.4, -0.2) is 37.2 Å². The topological polar surface area (TPSA) is 129 Å². The number of amides is 2. The van der Waals surface area contributed by atoms with E-state index in [0.717, 1.165) is 12.8 Å². The fourth-order valence-corrected chi connectivity index (χ4v) is 3.25. The first-order valence-electron chi connectivity index (χ1n) is 10.2. The van der Waals surface area contributed by atoms with Gasteiger partial charge in [-0.2, -0.15) is 0 Å². The van der Waals surface area contributed by atoms with Crippen LogP contribution in [0.25, 0.3) is 0 Å². The first kappa shape index (κ1) is 24.0. The second-order valence-corrected chi connectivity index (χ2v) is 7.26. The number of allylic oxidation sites excluding steroid dienone is 1. The average Bonchev–Trinajstić information content (AvgIpc) is 2.72. The summed E-state index contributed by atoms with van der Waals surface area (Å²) in [6.07, 6.45) is 1.58. The van der Waals surface area contributed by atoms with Gasteiger partial charge in [0.2, 0.25) is 5.75 Å². The van der Waals surface area contributed by atoms with Crippen LogP contribution in [0, 0.1) is 16.0 Å². The van der Waals surface area contributed by atoms with Crippen LogP contribution >= 0.6 is 0 Å². The van der Waals surface area contributed by atoms with Gasteiger partial charge in [-0.05, 0) is 30.9 Å². The maximum atomic E-state index is 12.8. The molecule has 1 aromatic carbocycles. The van der Waals surface area contributed by atoms with Crippen molar-refractivity contribution in [2.45, 2.75) is 46.6 Å². The Kier molecular flexibility index (Phi) is 8.23. The Balaban J connectivity index is 2.66. The summed E-state index contributed by atoms with van der Waals surface area (Å²) in [7, 11) is 1.37. The molecule has 170 valence electrons. The van der Waals surface area contributed by atoms with E-state index in [1.807, 2.05) is 20.8 Å². The van der Waals surface area contributed by atoms with E-state index in [1.54, 1.807) is 6.92 Å². The van der Waals surface area contributed by atoms with Crippen LogP contribution in [0.3, 0.4) is 0 Å². The molecule has 1 aliphatic heterocycles. The lowest BCUT2D eigenvalue weighted by Crippen LogP contribution is -2.47. The van der Waals surface area contributed by atoms with Gasteiger partial charge in [0.1, 0.15) is 0 Å². The third-order valence-electron chi connectivity index (χ3n) is 4.73. The maximum Gasteiger partial charge on any atom is 0.338 e. The van der Waals surface area contributed by atoms with Gasteiger partial charge < -0.3 is 24.8 Å². The zero-order chi connectivity index (χ0) is 23.1. The Morgan fingerprint density at radius 1 is 1.29 bits per heavy atom. The number of ether oxygens (including phenoxy) is 3. The van der Waals surface area contributed by atoms with Gasteiger partial charge in [-0.15, -0.1) is 0 Å². The molecule has 0 aliphatic carbocycles. The van der Waals surface area contributed by atoms with Crippen molar-refractivity contribution in [3.63, 3.8) is 0 Å². The second kappa shape index (κ2) is 10.6. The first-order valence-corrected chi connectivity index (χ1v) is 10.2. The van der Waals surface area contributed by atoms with E-state index in [-0.39, 0.29) is 35.3 Å². The van der Waals surface area contributed by atoms with Crippen molar-refractivity contribution in [3.8, 4) is 11.5 Å². The maximum absolute atomic E-state index is 12.8. The number of unbranched alkanes of at least 4 members (excludes halogenated alkanes) is 1. The summed E-state index contributed by atoms with van der Waals surface area (Å²) in [5.74, 6) is -0.659. The molecule has 0 fully saturated rings. The number of carbonyl (C=O) groups excluding carboxylic acids is 2. The van der Waals surface area contributed by atoms with E-state index in [1.165, 1.54) is 19.2 Å². The van der Waals surface area contributed by atoms with Crippen LogP contribution in [0.4, 0.5) is 10.5 Å². The zero-order valence-electron chi connectivity index (χ0n) is 18.4. The quantitative estimate of drug-likeness (QED) is 0.248. The van der Waals surface area contributed by atoms with E-state index >= 15 is 0 Å². The molecule has 1 atom stereocenters. The number of urea groups is 1. The minimum absolute atomic E-state index is 0.00992. The predicted molar refractivity (Wildman–Crippen MR) is 113 cm³/mol. The summed E-state index contributed by atoms with van der Waals surface area (Å²) >= 11 is 0. The Morgan fingerprint density at radius 2 is 2.00 bits per heavy atom. The summed E-state index contributed by atoms with van der Waals surface area (Å²) in [5, 5.41) is 17.1. The van der Waals surface area contributed by atoms with Crippen molar-refractivity contribution < 1.29 is 28.7 Å².